The molecule has 2 aromatic heterocycles. The van der Waals surface area contributed by atoms with E-state index in [1.165, 1.54) is 0 Å². The molecule has 0 aliphatic heterocycles. The second-order valence-corrected chi connectivity index (χ2v) is 5.35. The minimum Gasteiger partial charge on any atom is -0.277 e. The Bertz CT molecular complexity index is 954. The standard InChI is InChI=1S/C20H15N3/c1-2-4-15(5-3-1)6-9-19-18-8-7-17(14-20(18)23-22-19)16-10-12-21-13-11-16/h1-14H,(H,22,23)/b9-6+. The molecule has 23 heavy (non-hydrogen) atoms. The SMILES string of the molecule is C(=C\c1n[nH]c2cc(-c3ccncc3)ccc12)/c1ccccc1. The Labute approximate surface area is 134 Å². The second-order valence-electron chi connectivity index (χ2n) is 5.35. The topological polar surface area (TPSA) is 41.6 Å². The summed E-state index contributed by atoms with van der Waals surface area (Å²) in [5.41, 5.74) is 5.45. The number of H-pyrrole nitrogens is 1. The van der Waals surface area contributed by atoms with Gasteiger partial charge in [0.25, 0.3) is 0 Å². The van der Waals surface area contributed by atoms with Crippen molar-refractivity contribution in [2.45, 2.75) is 0 Å². The Hall–Kier alpha value is -3.20. The third-order valence-electron chi connectivity index (χ3n) is 3.84. The highest BCUT2D eigenvalue weighted by Gasteiger charge is 2.05. The quantitative estimate of drug-likeness (QED) is 0.590. The highest BCUT2D eigenvalue weighted by Crippen LogP contribution is 2.25. The number of hydrogen-bond donors (Lipinski definition) is 1. The van der Waals surface area contributed by atoms with Crippen LogP contribution in [-0.4, -0.2) is 15.2 Å². The van der Waals surface area contributed by atoms with Crippen LogP contribution < -0.4 is 0 Å². The predicted octanol–water partition coefficient (Wildman–Crippen LogP) is 4.80. The molecule has 2 heterocycles. The Morgan fingerprint density at radius 3 is 2.43 bits per heavy atom. The maximum atomic E-state index is 4.42. The largest absolute Gasteiger partial charge is 0.277 e. The normalized spacial score (nSPS) is 11.3. The molecule has 0 aliphatic carbocycles. The molecule has 1 N–H and O–H groups in total. The number of hydrogen-bond acceptors (Lipinski definition) is 2. The molecule has 4 rings (SSSR count). The average Bonchev–Trinajstić information content (AvgIpc) is 3.04. The minimum atomic E-state index is 0.949. The number of aromatic nitrogens is 3. The Morgan fingerprint density at radius 1 is 0.783 bits per heavy atom. The molecular weight excluding hydrogens is 282 g/mol. The van der Waals surface area contributed by atoms with E-state index in [-0.39, 0.29) is 0 Å². The van der Waals surface area contributed by atoms with Crippen LogP contribution in [-0.2, 0) is 0 Å². The van der Waals surface area contributed by atoms with Crippen molar-refractivity contribution in [2.75, 3.05) is 0 Å². The lowest BCUT2D eigenvalue weighted by molar-refractivity contribution is 1.11. The molecule has 3 nitrogen and oxygen atoms in total. The lowest BCUT2D eigenvalue weighted by Crippen LogP contribution is -1.79. The first-order valence-corrected chi connectivity index (χ1v) is 7.52. The van der Waals surface area contributed by atoms with Crippen LogP contribution in [0, 0.1) is 0 Å². The van der Waals surface area contributed by atoms with Gasteiger partial charge in [-0.1, -0.05) is 42.5 Å². The van der Waals surface area contributed by atoms with Gasteiger partial charge in [0.15, 0.2) is 0 Å². The van der Waals surface area contributed by atoms with Gasteiger partial charge < -0.3 is 0 Å². The number of pyridine rings is 1. The molecule has 0 spiro atoms. The van der Waals surface area contributed by atoms with Crippen molar-refractivity contribution in [3.05, 3.63) is 84.3 Å². The molecule has 0 atom stereocenters. The van der Waals surface area contributed by atoms with Gasteiger partial charge in [-0.3, -0.25) is 10.1 Å². The van der Waals surface area contributed by atoms with Gasteiger partial charge in [0, 0.05) is 17.8 Å². The molecule has 0 bridgehead atoms. The first-order chi connectivity index (χ1) is 11.4. The molecule has 2 aromatic carbocycles. The van der Waals surface area contributed by atoms with Gasteiger partial charge >= 0.3 is 0 Å². The molecule has 0 aliphatic rings. The van der Waals surface area contributed by atoms with Crippen LogP contribution in [0.2, 0.25) is 0 Å². The number of nitrogens with one attached hydrogen (secondary N) is 1. The van der Waals surface area contributed by atoms with E-state index >= 15 is 0 Å². The van der Waals surface area contributed by atoms with Crippen molar-refractivity contribution < 1.29 is 0 Å². The van der Waals surface area contributed by atoms with Crippen molar-refractivity contribution in [1.29, 1.82) is 0 Å². The zero-order valence-electron chi connectivity index (χ0n) is 12.5. The van der Waals surface area contributed by atoms with E-state index in [0.29, 0.717) is 0 Å². The number of benzene rings is 2. The molecule has 0 unspecified atom stereocenters. The summed E-state index contributed by atoms with van der Waals surface area (Å²) in [5, 5.41) is 8.66. The Kier molecular flexibility index (Phi) is 3.45. The summed E-state index contributed by atoms with van der Waals surface area (Å²) in [6.45, 7) is 0. The van der Waals surface area contributed by atoms with Gasteiger partial charge in [0.1, 0.15) is 0 Å². The van der Waals surface area contributed by atoms with Gasteiger partial charge in [-0.2, -0.15) is 5.10 Å². The first kappa shape index (κ1) is 13.5. The van der Waals surface area contributed by atoms with Crippen molar-refractivity contribution in [3.63, 3.8) is 0 Å². The number of nitrogens with zero attached hydrogens (tertiary/aromatic N) is 2. The summed E-state index contributed by atoms with van der Waals surface area (Å²) in [6.07, 6.45) is 7.73. The van der Waals surface area contributed by atoms with Crippen LogP contribution in [0.4, 0.5) is 0 Å². The minimum absolute atomic E-state index is 0.949. The molecular formula is C20H15N3. The fourth-order valence-electron chi connectivity index (χ4n) is 2.63. The molecule has 0 radical (unpaired) electrons. The fourth-order valence-corrected chi connectivity index (χ4v) is 2.63. The van der Waals surface area contributed by atoms with Crippen molar-refractivity contribution >= 4 is 23.1 Å². The lowest BCUT2D eigenvalue weighted by Gasteiger charge is -2.00. The fraction of sp³-hybridized carbons (Fsp3) is 0. The summed E-state index contributed by atoms with van der Waals surface area (Å²) in [4.78, 5) is 4.06. The summed E-state index contributed by atoms with van der Waals surface area (Å²) in [7, 11) is 0. The predicted molar refractivity (Wildman–Crippen MR) is 94.7 cm³/mol. The summed E-state index contributed by atoms with van der Waals surface area (Å²) < 4.78 is 0. The van der Waals surface area contributed by atoms with Crippen LogP contribution in [0.5, 0.6) is 0 Å². The Balaban J connectivity index is 1.69. The molecule has 4 aromatic rings. The van der Waals surface area contributed by atoms with Crippen LogP contribution in [0.15, 0.2) is 73.1 Å². The highest BCUT2D eigenvalue weighted by molar-refractivity contribution is 5.92. The van der Waals surface area contributed by atoms with Gasteiger partial charge in [-0.05, 0) is 47.0 Å². The van der Waals surface area contributed by atoms with Gasteiger partial charge in [-0.15, -0.1) is 0 Å². The maximum absolute atomic E-state index is 4.42. The third kappa shape index (κ3) is 2.77. The van der Waals surface area contributed by atoms with Crippen LogP contribution >= 0.6 is 0 Å². The maximum Gasteiger partial charge on any atom is 0.0927 e. The van der Waals surface area contributed by atoms with E-state index in [4.69, 9.17) is 0 Å². The van der Waals surface area contributed by atoms with E-state index in [1.54, 1.807) is 12.4 Å². The molecule has 0 saturated carbocycles. The molecule has 0 amide bonds. The van der Waals surface area contributed by atoms with Crippen molar-refractivity contribution in [3.8, 4) is 11.1 Å². The molecule has 0 saturated heterocycles. The van der Waals surface area contributed by atoms with Crippen LogP contribution in [0.1, 0.15) is 11.3 Å². The van der Waals surface area contributed by atoms with Crippen molar-refractivity contribution in [2.24, 2.45) is 0 Å². The zero-order valence-corrected chi connectivity index (χ0v) is 12.5. The first-order valence-electron chi connectivity index (χ1n) is 7.52. The van der Waals surface area contributed by atoms with E-state index < -0.39 is 0 Å². The lowest BCUT2D eigenvalue weighted by atomic mass is 10.0. The highest BCUT2D eigenvalue weighted by atomic mass is 15.1. The monoisotopic (exact) mass is 297 g/mol. The summed E-state index contributed by atoms with van der Waals surface area (Å²) in [6, 6.07) is 20.6. The molecule has 0 fully saturated rings. The molecule has 110 valence electrons. The van der Waals surface area contributed by atoms with E-state index in [1.807, 2.05) is 36.4 Å². The summed E-state index contributed by atoms with van der Waals surface area (Å²) >= 11 is 0. The third-order valence-corrected chi connectivity index (χ3v) is 3.84. The van der Waals surface area contributed by atoms with Crippen LogP contribution in [0.3, 0.4) is 0 Å². The molecule has 3 heteroatoms. The summed E-state index contributed by atoms with van der Waals surface area (Å²) in [5.74, 6) is 0. The average molecular weight is 297 g/mol. The van der Waals surface area contributed by atoms with Gasteiger partial charge in [0.05, 0.1) is 11.2 Å². The van der Waals surface area contributed by atoms with Crippen molar-refractivity contribution in [1.82, 2.24) is 15.2 Å². The smallest absolute Gasteiger partial charge is 0.0927 e. The number of aromatic amines is 1. The van der Waals surface area contributed by atoms with E-state index in [0.717, 1.165) is 33.3 Å². The number of fused-ring (bicyclic) bond motifs is 1. The second kappa shape index (κ2) is 5.89. The van der Waals surface area contributed by atoms with E-state index in [2.05, 4.69) is 51.6 Å². The Morgan fingerprint density at radius 2 is 1.61 bits per heavy atom. The van der Waals surface area contributed by atoms with Gasteiger partial charge in [-0.25, -0.2) is 0 Å². The van der Waals surface area contributed by atoms with Crippen LogP contribution in [0.25, 0.3) is 34.2 Å². The van der Waals surface area contributed by atoms with Gasteiger partial charge in [0.2, 0.25) is 0 Å². The zero-order chi connectivity index (χ0) is 15.5. The number of rotatable bonds is 3. The van der Waals surface area contributed by atoms with E-state index in [9.17, 15) is 0 Å².